The summed E-state index contributed by atoms with van der Waals surface area (Å²) in [6.45, 7) is 7.55. The van der Waals surface area contributed by atoms with Crippen molar-refractivity contribution < 1.29 is 9.21 Å². The van der Waals surface area contributed by atoms with Crippen molar-refractivity contribution in [1.82, 2.24) is 14.8 Å². The van der Waals surface area contributed by atoms with Crippen molar-refractivity contribution in [3.05, 3.63) is 89.6 Å². The maximum absolute atomic E-state index is 13.7. The molecule has 0 radical (unpaired) electrons. The number of benzene rings is 1. The summed E-state index contributed by atoms with van der Waals surface area (Å²) in [5, 5.41) is 0. The molecule has 2 atom stereocenters. The van der Waals surface area contributed by atoms with Crippen LogP contribution in [0.15, 0.2) is 71.3 Å². The highest BCUT2D eigenvalue weighted by molar-refractivity contribution is 5.93. The first kappa shape index (κ1) is 24.8. The second kappa shape index (κ2) is 11.4. The molecule has 0 spiro atoms. The number of rotatable bonds is 10. The van der Waals surface area contributed by atoms with Gasteiger partial charge in [-0.05, 0) is 101 Å². The Morgan fingerprint density at radius 1 is 1.03 bits per heavy atom. The Hall–Kier alpha value is -2.92. The predicted molar refractivity (Wildman–Crippen MR) is 143 cm³/mol. The van der Waals surface area contributed by atoms with Gasteiger partial charge in [0, 0.05) is 24.2 Å². The molecule has 1 aromatic carbocycles. The van der Waals surface area contributed by atoms with Crippen LogP contribution >= 0.6 is 0 Å². The van der Waals surface area contributed by atoms with E-state index >= 15 is 0 Å². The average molecular weight is 486 g/mol. The SMILES string of the molecule is Cc1ccc(C(C)CCN2CCC(C(Cc3ccccc3)N(C(=O)c3ccccn3)C3CC3)CC2)o1. The van der Waals surface area contributed by atoms with Crippen molar-refractivity contribution in [2.45, 2.75) is 70.4 Å². The number of carbonyl (C=O) groups is 1. The summed E-state index contributed by atoms with van der Waals surface area (Å²) in [5.41, 5.74) is 1.88. The van der Waals surface area contributed by atoms with Crippen molar-refractivity contribution >= 4 is 5.91 Å². The van der Waals surface area contributed by atoms with Gasteiger partial charge in [-0.15, -0.1) is 0 Å². The van der Waals surface area contributed by atoms with Crippen LogP contribution in [0.1, 0.15) is 72.5 Å². The largest absolute Gasteiger partial charge is 0.466 e. The van der Waals surface area contributed by atoms with Crippen LogP contribution in [0.2, 0.25) is 0 Å². The summed E-state index contributed by atoms with van der Waals surface area (Å²) in [5.74, 6) is 3.12. The summed E-state index contributed by atoms with van der Waals surface area (Å²) in [7, 11) is 0. The molecular formula is C31H39N3O2. The van der Waals surface area contributed by atoms with Crippen molar-refractivity contribution in [3.8, 4) is 0 Å². The van der Waals surface area contributed by atoms with Crippen LogP contribution in [0.25, 0.3) is 0 Å². The molecule has 2 aromatic heterocycles. The molecule has 0 N–H and O–H groups in total. The fourth-order valence-electron chi connectivity index (χ4n) is 5.71. The molecule has 2 fully saturated rings. The Balaban J connectivity index is 1.27. The lowest BCUT2D eigenvalue weighted by Crippen LogP contribution is -2.50. The van der Waals surface area contributed by atoms with E-state index < -0.39 is 0 Å². The van der Waals surface area contributed by atoms with Gasteiger partial charge in [-0.2, -0.15) is 0 Å². The van der Waals surface area contributed by atoms with E-state index in [0.717, 1.165) is 69.7 Å². The minimum absolute atomic E-state index is 0.101. The maximum Gasteiger partial charge on any atom is 0.272 e. The van der Waals surface area contributed by atoms with E-state index in [1.54, 1.807) is 6.20 Å². The summed E-state index contributed by atoms with van der Waals surface area (Å²) in [6, 6.07) is 21.1. The van der Waals surface area contributed by atoms with E-state index in [-0.39, 0.29) is 11.9 Å². The quantitative estimate of drug-likeness (QED) is 0.348. The number of hydrogen-bond donors (Lipinski definition) is 0. The summed E-state index contributed by atoms with van der Waals surface area (Å²) >= 11 is 0. The summed E-state index contributed by atoms with van der Waals surface area (Å²) in [4.78, 5) is 23.0. The third-order valence-electron chi connectivity index (χ3n) is 8.01. The molecule has 2 unspecified atom stereocenters. The molecule has 3 heterocycles. The molecule has 5 nitrogen and oxygen atoms in total. The first-order valence-electron chi connectivity index (χ1n) is 13.6. The molecule has 3 aromatic rings. The van der Waals surface area contributed by atoms with Crippen molar-refractivity contribution in [2.75, 3.05) is 19.6 Å². The van der Waals surface area contributed by atoms with E-state index in [9.17, 15) is 4.79 Å². The molecular weight excluding hydrogens is 446 g/mol. The van der Waals surface area contributed by atoms with Gasteiger partial charge in [-0.25, -0.2) is 0 Å². The molecule has 2 aliphatic rings. The van der Waals surface area contributed by atoms with E-state index in [1.165, 1.54) is 5.56 Å². The van der Waals surface area contributed by atoms with E-state index in [1.807, 2.05) is 25.1 Å². The topological polar surface area (TPSA) is 49.6 Å². The Morgan fingerprint density at radius 2 is 1.78 bits per heavy atom. The monoisotopic (exact) mass is 485 g/mol. The normalized spacial score (nSPS) is 18.6. The molecule has 1 aliphatic heterocycles. The third-order valence-corrected chi connectivity index (χ3v) is 8.01. The summed E-state index contributed by atoms with van der Waals surface area (Å²) < 4.78 is 5.84. The molecule has 5 heteroatoms. The van der Waals surface area contributed by atoms with Gasteiger partial charge < -0.3 is 14.2 Å². The fourth-order valence-corrected chi connectivity index (χ4v) is 5.71. The van der Waals surface area contributed by atoms with Gasteiger partial charge >= 0.3 is 0 Å². The van der Waals surface area contributed by atoms with E-state index in [0.29, 0.717) is 23.6 Å². The number of carbonyl (C=O) groups excluding carboxylic acids is 1. The average Bonchev–Trinajstić information content (AvgIpc) is 3.66. The van der Waals surface area contributed by atoms with Gasteiger partial charge in [-0.3, -0.25) is 9.78 Å². The predicted octanol–water partition coefficient (Wildman–Crippen LogP) is 6.10. The smallest absolute Gasteiger partial charge is 0.272 e. The zero-order chi connectivity index (χ0) is 24.9. The molecule has 1 aliphatic carbocycles. The van der Waals surface area contributed by atoms with Gasteiger partial charge in [0.2, 0.25) is 0 Å². The summed E-state index contributed by atoms with van der Waals surface area (Å²) in [6.07, 6.45) is 8.22. The Kier molecular flexibility index (Phi) is 7.86. The number of nitrogens with zero attached hydrogens (tertiary/aromatic N) is 3. The lowest BCUT2D eigenvalue weighted by molar-refractivity contribution is 0.0480. The molecule has 1 amide bonds. The molecule has 0 bridgehead atoms. The van der Waals surface area contributed by atoms with E-state index in [2.05, 4.69) is 64.2 Å². The van der Waals surface area contributed by atoms with Gasteiger partial charge in [-0.1, -0.05) is 43.3 Å². The van der Waals surface area contributed by atoms with Crippen molar-refractivity contribution in [1.29, 1.82) is 0 Å². The number of amides is 1. The van der Waals surface area contributed by atoms with Crippen molar-refractivity contribution in [2.24, 2.45) is 5.92 Å². The number of aryl methyl sites for hydroxylation is 1. The zero-order valence-electron chi connectivity index (χ0n) is 21.7. The fraction of sp³-hybridized carbons (Fsp3) is 0.484. The number of hydrogen-bond acceptors (Lipinski definition) is 4. The maximum atomic E-state index is 13.7. The number of piperidine rings is 1. The minimum atomic E-state index is 0.101. The van der Waals surface area contributed by atoms with Gasteiger partial charge in [0.1, 0.15) is 17.2 Å². The number of aromatic nitrogens is 1. The highest BCUT2D eigenvalue weighted by atomic mass is 16.3. The van der Waals surface area contributed by atoms with Crippen LogP contribution in [-0.4, -0.2) is 52.4 Å². The number of furan rings is 1. The van der Waals surface area contributed by atoms with Crippen LogP contribution in [0.4, 0.5) is 0 Å². The van der Waals surface area contributed by atoms with Crippen LogP contribution in [0, 0.1) is 12.8 Å². The lowest BCUT2D eigenvalue weighted by atomic mass is 9.84. The Bertz CT molecular complexity index is 1100. The number of likely N-dealkylation sites (tertiary alicyclic amines) is 1. The van der Waals surface area contributed by atoms with Gasteiger partial charge in [0.15, 0.2) is 0 Å². The van der Waals surface area contributed by atoms with Crippen LogP contribution in [0.3, 0.4) is 0 Å². The third kappa shape index (κ3) is 6.07. The second-order valence-electron chi connectivity index (χ2n) is 10.7. The van der Waals surface area contributed by atoms with Gasteiger partial charge in [0.25, 0.3) is 5.91 Å². The first-order chi connectivity index (χ1) is 17.6. The molecule has 5 rings (SSSR count). The first-order valence-corrected chi connectivity index (χ1v) is 13.6. The zero-order valence-corrected chi connectivity index (χ0v) is 21.7. The molecule has 1 saturated carbocycles. The second-order valence-corrected chi connectivity index (χ2v) is 10.7. The molecule has 1 saturated heterocycles. The van der Waals surface area contributed by atoms with Crippen LogP contribution in [-0.2, 0) is 6.42 Å². The molecule has 36 heavy (non-hydrogen) atoms. The molecule has 190 valence electrons. The standard InChI is InChI=1S/C31H39N3O2/c1-23(30-14-11-24(2)36-30)15-19-33-20-16-26(17-21-33)29(22-25-8-4-3-5-9-25)34(27-12-13-27)31(35)28-10-6-7-18-32-28/h3-11,14,18,23,26-27,29H,12-13,15-17,19-22H2,1-2H3. The van der Waals surface area contributed by atoms with Gasteiger partial charge in [0.05, 0.1) is 0 Å². The Morgan fingerprint density at radius 3 is 2.42 bits per heavy atom. The highest BCUT2D eigenvalue weighted by Crippen LogP contribution is 2.36. The highest BCUT2D eigenvalue weighted by Gasteiger charge is 2.42. The Labute approximate surface area is 215 Å². The minimum Gasteiger partial charge on any atom is -0.466 e. The number of pyridine rings is 1. The van der Waals surface area contributed by atoms with Crippen LogP contribution in [0.5, 0.6) is 0 Å². The van der Waals surface area contributed by atoms with Crippen molar-refractivity contribution in [3.63, 3.8) is 0 Å². The van der Waals surface area contributed by atoms with Crippen LogP contribution < -0.4 is 0 Å². The van der Waals surface area contributed by atoms with E-state index in [4.69, 9.17) is 4.42 Å². The lowest BCUT2D eigenvalue weighted by Gasteiger charge is -2.42.